The lowest BCUT2D eigenvalue weighted by Gasteiger charge is -2.28. The van der Waals surface area contributed by atoms with Crippen molar-refractivity contribution in [3.8, 4) is 0 Å². The molecule has 1 amide bonds. The van der Waals surface area contributed by atoms with Gasteiger partial charge in [-0.1, -0.05) is 6.92 Å². The van der Waals surface area contributed by atoms with Crippen LogP contribution in [0.2, 0.25) is 0 Å². The van der Waals surface area contributed by atoms with Crippen LogP contribution in [0.15, 0.2) is 0 Å². The molecule has 0 bridgehead atoms. The number of methoxy groups -OCH3 is 1. The van der Waals surface area contributed by atoms with Gasteiger partial charge in [0.15, 0.2) is 0 Å². The van der Waals surface area contributed by atoms with Gasteiger partial charge in [-0.25, -0.2) is 4.79 Å². The lowest BCUT2D eigenvalue weighted by atomic mass is 10.2. The van der Waals surface area contributed by atoms with Gasteiger partial charge in [0, 0.05) is 13.7 Å². The molecule has 14 heavy (non-hydrogen) atoms. The largest absolute Gasteiger partial charge is 0.450 e. The van der Waals surface area contributed by atoms with Crippen molar-refractivity contribution < 1.29 is 14.3 Å². The first-order valence-electron chi connectivity index (χ1n) is 5.13. The average Bonchev–Trinajstić information content (AvgIpc) is 2.18. The first kappa shape index (κ1) is 13.2. The third kappa shape index (κ3) is 3.96. The van der Waals surface area contributed by atoms with Crippen LogP contribution >= 0.6 is 0 Å². The van der Waals surface area contributed by atoms with E-state index >= 15 is 0 Å². The normalized spacial score (nSPS) is 12.3. The molecule has 0 aromatic rings. The van der Waals surface area contributed by atoms with Crippen molar-refractivity contribution in [3.63, 3.8) is 0 Å². The molecule has 0 aromatic heterocycles. The quantitative estimate of drug-likeness (QED) is 0.661. The van der Waals surface area contributed by atoms with Crippen LogP contribution in [0.1, 0.15) is 27.2 Å². The fourth-order valence-electron chi connectivity index (χ4n) is 1.36. The Bertz CT molecular complexity index is 161. The van der Waals surface area contributed by atoms with E-state index in [2.05, 4.69) is 0 Å². The standard InChI is InChI=1S/C10H21NO3/c1-5-9(8-13-4)11(6-2)10(12)14-7-3/h9H,5-8H2,1-4H3. The van der Waals surface area contributed by atoms with E-state index in [-0.39, 0.29) is 12.1 Å². The van der Waals surface area contributed by atoms with Crippen molar-refractivity contribution in [2.45, 2.75) is 33.2 Å². The van der Waals surface area contributed by atoms with E-state index in [0.717, 1.165) is 6.42 Å². The molecule has 0 aromatic carbocycles. The zero-order valence-corrected chi connectivity index (χ0v) is 9.58. The SMILES string of the molecule is CCOC(=O)N(CC)C(CC)COC. The molecule has 0 saturated carbocycles. The van der Waals surface area contributed by atoms with Gasteiger partial charge in [-0.2, -0.15) is 0 Å². The Morgan fingerprint density at radius 2 is 2.00 bits per heavy atom. The fraction of sp³-hybridized carbons (Fsp3) is 0.900. The molecule has 1 unspecified atom stereocenters. The molecular formula is C10H21NO3. The Balaban J connectivity index is 4.26. The lowest BCUT2D eigenvalue weighted by Crippen LogP contribution is -2.42. The summed E-state index contributed by atoms with van der Waals surface area (Å²) >= 11 is 0. The maximum absolute atomic E-state index is 11.5. The van der Waals surface area contributed by atoms with Gasteiger partial charge in [-0.05, 0) is 20.3 Å². The Labute approximate surface area is 86.2 Å². The van der Waals surface area contributed by atoms with Crippen molar-refractivity contribution in [3.05, 3.63) is 0 Å². The minimum atomic E-state index is -0.251. The molecule has 0 radical (unpaired) electrons. The van der Waals surface area contributed by atoms with Gasteiger partial charge in [0.1, 0.15) is 0 Å². The number of nitrogens with zero attached hydrogens (tertiary/aromatic N) is 1. The first-order valence-corrected chi connectivity index (χ1v) is 5.13. The highest BCUT2D eigenvalue weighted by Crippen LogP contribution is 2.06. The van der Waals surface area contributed by atoms with Crippen LogP contribution in [0.3, 0.4) is 0 Å². The Hall–Kier alpha value is -0.770. The molecule has 84 valence electrons. The highest BCUT2D eigenvalue weighted by atomic mass is 16.6. The van der Waals surface area contributed by atoms with Gasteiger partial charge in [0.05, 0.1) is 19.3 Å². The van der Waals surface area contributed by atoms with E-state index in [4.69, 9.17) is 9.47 Å². The Morgan fingerprint density at radius 3 is 2.36 bits per heavy atom. The summed E-state index contributed by atoms with van der Waals surface area (Å²) in [7, 11) is 1.64. The molecule has 0 fully saturated rings. The van der Waals surface area contributed by atoms with Crippen molar-refractivity contribution >= 4 is 6.09 Å². The Kier molecular flexibility index (Phi) is 7.20. The second-order valence-electron chi connectivity index (χ2n) is 3.00. The van der Waals surface area contributed by atoms with Gasteiger partial charge in [0.25, 0.3) is 0 Å². The highest BCUT2D eigenvalue weighted by molar-refractivity contribution is 5.67. The molecule has 0 saturated heterocycles. The maximum Gasteiger partial charge on any atom is 0.410 e. The van der Waals surface area contributed by atoms with E-state index in [1.54, 1.807) is 12.0 Å². The van der Waals surface area contributed by atoms with Crippen LogP contribution in [0.25, 0.3) is 0 Å². The molecule has 0 aliphatic carbocycles. The van der Waals surface area contributed by atoms with Gasteiger partial charge >= 0.3 is 6.09 Å². The van der Waals surface area contributed by atoms with Gasteiger partial charge in [0.2, 0.25) is 0 Å². The number of rotatable bonds is 6. The molecule has 0 aliphatic rings. The zero-order chi connectivity index (χ0) is 11.0. The molecule has 0 spiro atoms. The van der Waals surface area contributed by atoms with Crippen LogP contribution < -0.4 is 0 Å². The topological polar surface area (TPSA) is 38.8 Å². The predicted molar refractivity (Wildman–Crippen MR) is 55.4 cm³/mol. The average molecular weight is 203 g/mol. The molecular weight excluding hydrogens is 182 g/mol. The summed E-state index contributed by atoms with van der Waals surface area (Å²) in [6, 6.07) is 0.115. The van der Waals surface area contributed by atoms with E-state index < -0.39 is 0 Å². The van der Waals surface area contributed by atoms with E-state index in [9.17, 15) is 4.79 Å². The summed E-state index contributed by atoms with van der Waals surface area (Å²) in [6.45, 7) is 7.41. The molecule has 1 atom stereocenters. The van der Waals surface area contributed by atoms with Gasteiger partial charge in [-0.3, -0.25) is 0 Å². The minimum absolute atomic E-state index is 0.115. The number of carbonyl (C=O) groups is 1. The van der Waals surface area contributed by atoms with Crippen molar-refractivity contribution in [1.29, 1.82) is 0 Å². The minimum Gasteiger partial charge on any atom is -0.450 e. The molecule has 0 N–H and O–H groups in total. The second kappa shape index (κ2) is 7.62. The third-order valence-corrected chi connectivity index (χ3v) is 2.11. The number of amides is 1. The molecule has 0 heterocycles. The van der Waals surface area contributed by atoms with Crippen LogP contribution in [0, 0.1) is 0 Å². The fourth-order valence-corrected chi connectivity index (χ4v) is 1.36. The summed E-state index contributed by atoms with van der Waals surface area (Å²) < 4.78 is 10.0. The first-order chi connectivity index (χ1) is 6.71. The smallest absolute Gasteiger partial charge is 0.410 e. The van der Waals surface area contributed by atoms with Crippen molar-refractivity contribution in [1.82, 2.24) is 4.90 Å². The van der Waals surface area contributed by atoms with Crippen LogP contribution in [0.4, 0.5) is 4.79 Å². The lowest BCUT2D eigenvalue weighted by molar-refractivity contribution is 0.0616. The molecule has 4 heteroatoms. The third-order valence-electron chi connectivity index (χ3n) is 2.11. The van der Waals surface area contributed by atoms with Crippen LogP contribution in [0.5, 0.6) is 0 Å². The number of likely N-dealkylation sites (N-methyl/N-ethyl adjacent to an activating group) is 1. The highest BCUT2D eigenvalue weighted by Gasteiger charge is 2.21. The zero-order valence-electron chi connectivity index (χ0n) is 9.58. The summed E-state index contributed by atoms with van der Waals surface area (Å²) in [5.41, 5.74) is 0. The maximum atomic E-state index is 11.5. The summed E-state index contributed by atoms with van der Waals surface area (Å²) in [5.74, 6) is 0. The molecule has 0 rings (SSSR count). The molecule has 0 aliphatic heterocycles. The van der Waals surface area contributed by atoms with Crippen molar-refractivity contribution in [2.24, 2.45) is 0 Å². The summed E-state index contributed by atoms with van der Waals surface area (Å²) in [6.07, 6.45) is 0.624. The number of ether oxygens (including phenoxy) is 2. The number of hydrogen-bond donors (Lipinski definition) is 0. The van der Waals surface area contributed by atoms with Crippen molar-refractivity contribution in [2.75, 3.05) is 26.9 Å². The number of hydrogen-bond acceptors (Lipinski definition) is 3. The predicted octanol–water partition coefficient (Wildman–Crippen LogP) is 1.89. The number of carbonyl (C=O) groups excluding carboxylic acids is 1. The van der Waals surface area contributed by atoms with Crippen LogP contribution in [-0.2, 0) is 9.47 Å². The van der Waals surface area contributed by atoms with E-state index in [1.807, 2.05) is 20.8 Å². The van der Waals surface area contributed by atoms with E-state index in [1.165, 1.54) is 0 Å². The molecule has 4 nitrogen and oxygen atoms in total. The summed E-state index contributed by atoms with van der Waals surface area (Å²) in [5, 5.41) is 0. The summed E-state index contributed by atoms with van der Waals surface area (Å²) in [4.78, 5) is 13.2. The van der Waals surface area contributed by atoms with E-state index in [0.29, 0.717) is 19.8 Å². The van der Waals surface area contributed by atoms with Gasteiger partial charge < -0.3 is 14.4 Å². The Morgan fingerprint density at radius 1 is 1.36 bits per heavy atom. The van der Waals surface area contributed by atoms with Crippen LogP contribution in [-0.4, -0.2) is 43.9 Å². The van der Waals surface area contributed by atoms with Gasteiger partial charge in [-0.15, -0.1) is 0 Å². The monoisotopic (exact) mass is 203 g/mol. The second-order valence-corrected chi connectivity index (χ2v) is 3.00.